The van der Waals surface area contributed by atoms with E-state index in [1.165, 1.54) is 23.9 Å². The second-order valence-corrected chi connectivity index (χ2v) is 3.82. The molecular formula is C9H12FN3S. The molecule has 0 radical (unpaired) electrons. The molecule has 1 rings (SSSR count). The number of nitrogens with two attached hydrogens (primary N) is 2. The van der Waals surface area contributed by atoms with Crippen LogP contribution >= 0.6 is 11.8 Å². The van der Waals surface area contributed by atoms with Gasteiger partial charge in [-0.15, -0.1) is 0 Å². The number of nitrogens with zero attached hydrogens (tertiary/aromatic N) is 1. The van der Waals surface area contributed by atoms with E-state index in [-0.39, 0.29) is 5.82 Å². The van der Waals surface area contributed by atoms with Gasteiger partial charge in [-0.1, -0.05) is 17.8 Å². The van der Waals surface area contributed by atoms with E-state index in [1.54, 1.807) is 6.07 Å². The average molecular weight is 213 g/mol. The molecule has 0 fully saturated rings. The van der Waals surface area contributed by atoms with Crippen molar-refractivity contribution < 1.29 is 4.39 Å². The molecule has 76 valence electrons. The highest BCUT2D eigenvalue weighted by atomic mass is 32.2. The van der Waals surface area contributed by atoms with Crippen molar-refractivity contribution in [3.63, 3.8) is 0 Å². The molecule has 0 aliphatic rings. The van der Waals surface area contributed by atoms with Crippen molar-refractivity contribution in [1.82, 2.24) is 0 Å². The van der Waals surface area contributed by atoms with Crippen LogP contribution in [0.3, 0.4) is 0 Å². The van der Waals surface area contributed by atoms with Crippen molar-refractivity contribution >= 4 is 16.9 Å². The second-order valence-electron chi connectivity index (χ2n) is 2.83. The predicted octanol–water partition coefficient (Wildman–Crippen LogP) is 1.56. The summed E-state index contributed by atoms with van der Waals surface area (Å²) in [5, 5.41) is 3.62. The van der Waals surface area contributed by atoms with Crippen LogP contribution in [-0.4, -0.2) is 5.17 Å². The minimum atomic E-state index is -0.241. The number of hydrogen-bond acceptors (Lipinski definition) is 3. The van der Waals surface area contributed by atoms with Gasteiger partial charge in [-0.2, -0.15) is 5.10 Å². The summed E-state index contributed by atoms with van der Waals surface area (Å²) in [6.45, 7) is 1.92. The fraction of sp³-hybridized carbons (Fsp3) is 0.222. The summed E-state index contributed by atoms with van der Waals surface area (Å²) in [5.41, 5.74) is 7.34. The highest BCUT2D eigenvalue weighted by molar-refractivity contribution is 8.13. The highest BCUT2D eigenvalue weighted by Gasteiger charge is 2.02. The Hall–Kier alpha value is -1.23. The van der Waals surface area contributed by atoms with Crippen molar-refractivity contribution in [2.45, 2.75) is 12.7 Å². The van der Waals surface area contributed by atoms with E-state index in [0.29, 0.717) is 10.9 Å². The molecule has 0 saturated carbocycles. The summed E-state index contributed by atoms with van der Waals surface area (Å²) >= 11 is 1.29. The van der Waals surface area contributed by atoms with Crippen LogP contribution in [0.2, 0.25) is 0 Å². The van der Waals surface area contributed by atoms with Crippen LogP contribution in [0.1, 0.15) is 11.1 Å². The van der Waals surface area contributed by atoms with E-state index >= 15 is 0 Å². The minimum Gasteiger partial charge on any atom is -0.377 e. The van der Waals surface area contributed by atoms with Crippen molar-refractivity contribution in [3.8, 4) is 0 Å². The molecule has 0 atom stereocenters. The van der Waals surface area contributed by atoms with Gasteiger partial charge in [0.1, 0.15) is 5.82 Å². The van der Waals surface area contributed by atoms with Gasteiger partial charge < -0.3 is 11.6 Å². The Bertz CT molecular complexity index is 352. The summed E-state index contributed by atoms with van der Waals surface area (Å²) in [5.74, 6) is 5.31. The van der Waals surface area contributed by atoms with Crippen LogP contribution in [-0.2, 0) is 5.75 Å². The molecule has 0 heterocycles. The Morgan fingerprint density at radius 3 is 2.93 bits per heavy atom. The quantitative estimate of drug-likeness (QED) is 0.339. The first-order valence-electron chi connectivity index (χ1n) is 4.04. The van der Waals surface area contributed by atoms with E-state index in [9.17, 15) is 4.39 Å². The van der Waals surface area contributed by atoms with Gasteiger partial charge in [0.2, 0.25) is 0 Å². The number of halogens is 1. The molecule has 0 aliphatic carbocycles. The molecule has 0 saturated heterocycles. The largest absolute Gasteiger partial charge is 0.377 e. The maximum Gasteiger partial charge on any atom is 0.177 e. The number of amidine groups is 1. The lowest BCUT2D eigenvalue weighted by molar-refractivity contribution is 0.626. The molecule has 0 amide bonds. The zero-order chi connectivity index (χ0) is 10.6. The van der Waals surface area contributed by atoms with Crippen LogP contribution in [0.15, 0.2) is 23.3 Å². The molecule has 1 aromatic rings. The molecule has 4 N–H and O–H groups in total. The molecule has 0 spiro atoms. The van der Waals surface area contributed by atoms with E-state index in [1.807, 2.05) is 6.92 Å². The van der Waals surface area contributed by atoms with Crippen LogP contribution in [0.4, 0.5) is 4.39 Å². The van der Waals surface area contributed by atoms with Crippen LogP contribution in [0.5, 0.6) is 0 Å². The normalized spacial score (nSPS) is 11.7. The molecule has 0 aromatic heterocycles. The Morgan fingerprint density at radius 1 is 1.57 bits per heavy atom. The molecule has 0 bridgehead atoms. The van der Waals surface area contributed by atoms with E-state index < -0.39 is 0 Å². The Kier molecular flexibility index (Phi) is 3.76. The Balaban J connectivity index is 2.71. The maximum absolute atomic E-state index is 12.9. The standard InChI is InChI=1S/C9H12FN3S/c1-6-2-3-8(10)4-7(6)5-14-9(11)13-12/h2-4H,5,12H2,1H3,(H2,11,13). The topological polar surface area (TPSA) is 64.4 Å². The van der Waals surface area contributed by atoms with Crippen LogP contribution < -0.4 is 11.6 Å². The SMILES string of the molecule is Cc1ccc(F)cc1CS/C(N)=N/N. The lowest BCUT2D eigenvalue weighted by atomic mass is 10.1. The lowest BCUT2D eigenvalue weighted by Gasteiger charge is -2.04. The zero-order valence-corrected chi connectivity index (χ0v) is 8.64. The number of benzene rings is 1. The van der Waals surface area contributed by atoms with Crippen molar-refractivity contribution in [3.05, 3.63) is 35.1 Å². The molecule has 3 nitrogen and oxygen atoms in total. The monoisotopic (exact) mass is 213 g/mol. The van der Waals surface area contributed by atoms with Crippen LogP contribution in [0.25, 0.3) is 0 Å². The minimum absolute atomic E-state index is 0.241. The molecule has 0 unspecified atom stereocenters. The average Bonchev–Trinajstić information content (AvgIpc) is 2.19. The fourth-order valence-electron chi connectivity index (χ4n) is 0.985. The summed E-state index contributed by atoms with van der Waals surface area (Å²) in [6.07, 6.45) is 0. The molecule has 0 aliphatic heterocycles. The number of thioether (sulfide) groups is 1. The van der Waals surface area contributed by atoms with Crippen molar-refractivity contribution in [2.24, 2.45) is 16.7 Å². The van der Waals surface area contributed by atoms with Gasteiger partial charge in [0.25, 0.3) is 0 Å². The molecule has 14 heavy (non-hydrogen) atoms. The molecule has 5 heteroatoms. The van der Waals surface area contributed by atoms with Gasteiger partial charge in [-0.25, -0.2) is 4.39 Å². The Morgan fingerprint density at radius 2 is 2.29 bits per heavy atom. The number of aryl methyl sites for hydroxylation is 1. The third-order valence-corrected chi connectivity index (χ3v) is 2.67. The number of rotatable bonds is 2. The number of hydrazone groups is 1. The first kappa shape index (κ1) is 10.8. The fourth-order valence-corrected chi connectivity index (χ4v) is 1.67. The third kappa shape index (κ3) is 2.92. The van der Waals surface area contributed by atoms with E-state index in [4.69, 9.17) is 11.6 Å². The van der Waals surface area contributed by atoms with E-state index in [0.717, 1.165) is 11.1 Å². The van der Waals surface area contributed by atoms with Gasteiger partial charge in [-0.05, 0) is 30.2 Å². The maximum atomic E-state index is 12.9. The second kappa shape index (κ2) is 4.85. The summed E-state index contributed by atoms with van der Waals surface area (Å²) in [6, 6.07) is 4.66. The molecule has 1 aromatic carbocycles. The smallest absolute Gasteiger partial charge is 0.177 e. The molecular weight excluding hydrogens is 201 g/mol. The van der Waals surface area contributed by atoms with Gasteiger partial charge in [0.15, 0.2) is 5.17 Å². The van der Waals surface area contributed by atoms with Gasteiger partial charge in [-0.3, -0.25) is 0 Å². The summed E-state index contributed by atoms with van der Waals surface area (Å²) in [4.78, 5) is 0. The van der Waals surface area contributed by atoms with Gasteiger partial charge in [0.05, 0.1) is 0 Å². The summed E-state index contributed by atoms with van der Waals surface area (Å²) in [7, 11) is 0. The zero-order valence-electron chi connectivity index (χ0n) is 7.83. The lowest BCUT2D eigenvalue weighted by Crippen LogP contribution is -2.09. The van der Waals surface area contributed by atoms with E-state index in [2.05, 4.69) is 5.10 Å². The first-order chi connectivity index (χ1) is 6.63. The predicted molar refractivity (Wildman–Crippen MR) is 58.2 cm³/mol. The summed E-state index contributed by atoms with van der Waals surface area (Å²) < 4.78 is 12.9. The van der Waals surface area contributed by atoms with Crippen molar-refractivity contribution in [1.29, 1.82) is 0 Å². The third-order valence-electron chi connectivity index (χ3n) is 1.81. The van der Waals surface area contributed by atoms with Gasteiger partial charge in [0, 0.05) is 5.75 Å². The van der Waals surface area contributed by atoms with Crippen LogP contribution in [0, 0.1) is 12.7 Å². The van der Waals surface area contributed by atoms with Crippen molar-refractivity contribution in [2.75, 3.05) is 0 Å². The number of hydrogen-bond donors (Lipinski definition) is 2. The first-order valence-corrected chi connectivity index (χ1v) is 5.03. The highest BCUT2D eigenvalue weighted by Crippen LogP contribution is 2.17. The van der Waals surface area contributed by atoms with Gasteiger partial charge >= 0.3 is 0 Å². The Labute approximate surface area is 86.4 Å².